The summed E-state index contributed by atoms with van der Waals surface area (Å²) in [6.07, 6.45) is 5.04. The van der Waals surface area contributed by atoms with Crippen LogP contribution in [0.2, 0.25) is 0 Å². The second kappa shape index (κ2) is 5.31. The predicted molar refractivity (Wildman–Crippen MR) is 61.6 cm³/mol. The monoisotopic (exact) mass is 210 g/mol. The Morgan fingerprint density at radius 3 is 2.47 bits per heavy atom. The molecule has 1 heterocycles. The molecule has 1 atom stereocenters. The number of aliphatic hydroxyl groups is 1. The highest BCUT2D eigenvalue weighted by atomic mass is 16.3. The third-order valence-electron chi connectivity index (χ3n) is 2.61. The van der Waals surface area contributed by atoms with Gasteiger partial charge in [0.15, 0.2) is 0 Å². The van der Waals surface area contributed by atoms with E-state index in [1.165, 1.54) is 0 Å². The Morgan fingerprint density at radius 2 is 1.93 bits per heavy atom. The van der Waals surface area contributed by atoms with Crippen LogP contribution in [0.1, 0.15) is 58.4 Å². The molecular weight excluding hydrogens is 188 g/mol. The van der Waals surface area contributed by atoms with Gasteiger partial charge in [0.05, 0.1) is 24.3 Å². The van der Waals surface area contributed by atoms with Crippen LogP contribution in [0.5, 0.6) is 0 Å². The van der Waals surface area contributed by atoms with Crippen LogP contribution in [0.15, 0.2) is 12.5 Å². The molecule has 0 amide bonds. The molecular formula is C12H22N2O. The molecule has 1 aromatic heterocycles. The Labute approximate surface area is 92.1 Å². The van der Waals surface area contributed by atoms with Gasteiger partial charge in [-0.2, -0.15) is 0 Å². The summed E-state index contributed by atoms with van der Waals surface area (Å²) >= 11 is 0. The molecule has 0 spiro atoms. The Balaban J connectivity index is 2.64. The zero-order valence-electron chi connectivity index (χ0n) is 10.1. The van der Waals surface area contributed by atoms with Crippen molar-refractivity contribution in [1.29, 1.82) is 0 Å². The molecule has 0 saturated heterocycles. The van der Waals surface area contributed by atoms with Crippen molar-refractivity contribution >= 4 is 0 Å². The SMILES string of the molecule is CC(C)CCC(O)c1cncn1C(C)C. The Bertz CT molecular complexity index is 292. The molecule has 0 saturated carbocycles. The first-order valence-corrected chi connectivity index (χ1v) is 5.72. The van der Waals surface area contributed by atoms with E-state index in [4.69, 9.17) is 0 Å². The van der Waals surface area contributed by atoms with E-state index in [-0.39, 0.29) is 6.10 Å². The van der Waals surface area contributed by atoms with E-state index in [2.05, 4.69) is 32.7 Å². The number of rotatable bonds is 5. The topological polar surface area (TPSA) is 38.1 Å². The molecule has 0 aliphatic carbocycles. The van der Waals surface area contributed by atoms with Crippen LogP contribution in [0.25, 0.3) is 0 Å². The average molecular weight is 210 g/mol. The standard InChI is InChI=1S/C12H22N2O/c1-9(2)5-6-12(15)11-7-13-8-14(11)10(3)4/h7-10,12,15H,5-6H2,1-4H3. The molecule has 1 rings (SSSR count). The van der Waals surface area contributed by atoms with Gasteiger partial charge in [-0.1, -0.05) is 13.8 Å². The predicted octanol–water partition coefficient (Wildman–Crippen LogP) is 2.93. The quantitative estimate of drug-likeness (QED) is 0.811. The van der Waals surface area contributed by atoms with Gasteiger partial charge in [0.25, 0.3) is 0 Å². The fourth-order valence-electron chi connectivity index (χ4n) is 1.64. The molecule has 1 aromatic rings. The largest absolute Gasteiger partial charge is 0.387 e. The maximum Gasteiger partial charge on any atom is 0.0956 e. The molecule has 15 heavy (non-hydrogen) atoms. The smallest absolute Gasteiger partial charge is 0.0956 e. The van der Waals surface area contributed by atoms with Crippen molar-refractivity contribution < 1.29 is 5.11 Å². The van der Waals surface area contributed by atoms with E-state index in [0.717, 1.165) is 18.5 Å². The molecule has 0 aromatic carbocycles. The maximum atomic E-state index is 10.0. The minimum Gasteiger partial charge on any atom is -0.387 e. The third kappa shape index (κ3) is 3.34. The fraction of sp³-hybridized carbons (Fsp3) is 0.750. The van der Waals surface area contributed by atoms with Gasteiger partial charge in [-0.15, -0.1) is 0 Å². The molecule has 0 radical (unpaired) electrons. The van der Waals surface area contributed by atoms with Gasteiger partial charge in [-0.25, -0.2) is 4.98 Å². The first-order valence-electron chi connectivity index (χ1n) is 5.72. The number of aromatic nitrogens is 2. The van der Waals surface area contributed by atoms with Crippen molar-refractivity contribution in [1.82, 2.24) is 9.55 Å². The van der Waals surface area contributed by atoms with Crippen molar-refractivity contribution in [3.05, 3.63) is 18.2 Å². The van der Waals surface area contributed by atoms with Crippen LogP contribution >= 0.6 is 0 Å². The number of imidazole rings is 1. The molecule has 3 nitrogen and oxygen atoms in total. The summed E-state index contributed by atoms with van der Waals surface area (Å²) in [6, 6.07) is 0.358. The Hall–Kier alpha value is -0.830. The normalized spacial score (nSPS) is 13.8. The first kappa shape index (κ1) is 12.2. The average Bonchev–Trinajstić information content (AvgIpc) is 2.62. The summed E-state index contributed by atoms with van der Waals surface area (Å²) in [5, 5.41) is 10.0. The van der Waals surface area contributed by atoms with Crippen LogP contribution in [-0.4, -0.2) is 14.7 Å². The van der Waals surface area contributed by atoms with E-state index < -0.39 is 0 Å². The lowest BCUT2D eigenvalue weighted by atomic mass is 10.0. The zero-order chi connectivity index (χ0) is 11.4. The van der Waals surface area contributed by atoms with Gasteiger partial charge in [0.1, 0.15) is 0 Å². The molecule has 0 bridgehead atoms. The number of hydrogen-bond donors (Lipinski definition) is 1. The number of hydrogen-bond acceptors (Lipinski definition) is 2. The van der Waals surface area contributed by atoms with E-state index in [1.807, 2.05) is 4.57 Å². The summed E-state index contributed by atoms with van der Waals surface area (Å²) in [7, 11) is 0. The molecule has 0 fully saturated rings. The van der Waals surface area contributed by atoms with Gasteiger partial charge in [-0.05, 0) is 32.6 Å². The molecule has 3 heteroatoms. The van der Waals surface area contributed by atoms with Gasteiger partial charge in [0.2, 0.25) is 0 Å². The van der Waals surface area contributed by atoms with E-state index >= 15 is 0 Å². The van der Waals surface area contributed by atoms with Crippen molar-refractivity contribution in [2.24, 2.45) is 5.92 Å². The zero-order valence-corrected chi connectivity index (χ0v) is 10.1. The minimum atomic E-state index is -0.378. The van der Waals surface area contributed by atoms with Crippen LogP contribution in [-0.2, 0) is 0 Å². The Kier molecular flexibility index (Phi) is 4.33. The summed E-state index contributed by atoms with van der Waals surface area (Å²) in [4.78, 5) is 4.09. The van der Waals surface area contributed by atoms with Gasteiger partial charge in [0, 0.05) is 6.04 Å². The van der Waals surface area contributed by atoms with Crippen molar-refractivity contribution in [2.75, 3.05) is 0 Å². The summed E-state index contributed by atoms with van der Waals surface area (Å²) in [5.74, 6) is 0.634. The third-order valence-corrected chi connectivity index (χ3v) is 2.61. The Morgan fingerprint density at radius 1 is 1.27 bits per heavy atom. The van der Waals surface area contributed by atoms with Gasteiger partial charge >= 0.3 is 0 Å². The van der Waals surface area contributed by atoms with Crippen LogP contribution in [0.4, 0.5) is 0 Å². The maximum absolute atomic E-state index is 10.0. The molecule has 0 aliphatic heterocycles. The van der Waals surface area contributed by atoms with Crippen molar-refractivity contribution in [3.8, 4) is 0 Å². The van der Waals surface area contributed by atoms with E-state index in [9.17, 15) is 5.11 Å². The lowest BCUT2D eigenvalue weighted by molar-refractivity contribution is 0.148. The number of aliphatic hydroxyl groups excluding tert-OH is 1. The summed E-state index contributed by atoms with van der Waals surface area (Å²) in [5.41, 5.74) is 0.936. The molecule has 1 unspecified atom stereocenters. The van der Waals surface area contributed by atoms with Crippen LogP contribution in [0, 0.1) is 5.92 Å². The second-order valence-electron chi connectivity index (χ2n) is 4.81. The molecule has 1 N–H and O–H groups in total. The van der Waals surface area contributed by atoms with E-state index in [1.54, 1.807) is 12.5 Å². The van der Waals surface area contributed by atoms with Gasteiger partial charge < -0.3 is 9.67 Å². The highest BCUT2D eigenvalue weighted by molar-refractivity contribution is 5.03. The van der Waals surface area contributed by atoms with Crippen molar-refractivity contribution in [3.63, 3.8) is 0 Å². The first-order chi connectivity index (χ1) is 7.02. The van der Waals surface area contributed by atoms with Gasteiger partial charge in [-0.3, -0.25) is 0 Å². The lowest BCUT2D eigenvalue weighted by Gasteiger charge is -2.17. The highest BCUT2D eigenvalue weighted by Gasteiger charge is 2.14. The highest BCUT2D eigenvalue weighted by Crippen LogP contribution is 2.22. The summed E-state index contributed by atoms with van der Waals surface area (Å²) < 4.78 is 2.03. The van der Waals surface area contributed by atoms with E-state index in [0.29, 0.717) is 12.0 Å². The van der Waals surface area contributed by atoms with Crippen LogP contribution in [0.3, 0.4) is 0 Å². The minimum absolute atomic E-state index is 0.358. The van der Waals surface area contributed by atoms with Crippen LogP contribution < -0.4 is 0 Å². The molecule has 86 valence electrons. The second-order valence-corrected chi connectivity index (χ2v) is 4.81. The number of nitrogens with zero attached hydrogens (tertiary/aromatic N) is 2. The lowest BCUT2D eigenvalue weighted by Crippen LogP contribution is -2.09. The summed E-state index contributed by atoms with van der Waals surface area (Å²) in [6.45, 7) is 8.54. The van der Waals surface area contributed by atoms with Crippen molar-refractivity contribution in [2.45, 2.75) is 52.7 Å². The fourth-order valence-corrected chi connectivity index (χ4v) is 1.64. The molecule has 0 aliphatic rings.